The lowest BCUT2D eigenvalue weighted by atomic mass is 9.53. The van der Waals surface area contributed by atoms with Crippen LogP contribution in [0.1, 0.15) is 38.5 Å². The average Bonchev–Trinajstić information content (AvgIpc) is 2.84. The van der Waals surface area contributed by atoms with Crippen molar-refractivity contribution in [1.29, 1.82) is 0 Å². The van der Waals surface area contributed by atoms with Gasteiger partial charge in [-0.3, -0.25) is 0 Å². The highest BCUT2D eigenvalue weighted by atomic mass is 32.1. The summed E-state index contributed by atoms with van der Waals surface area (Å²) in [6.07, 6.45) is 7.63. The number of nitrogen functional groups attached to an aromatic ring is 1. The molecule has 2 amide bonds. The van der Waals surface area contributed by atoms with Crippen LogP contribution in [0.4, 0.5) is 15.6 Å². The van der Waals surface area contributed by atoms with Crippen molar-refractivity contribution in [2.45, 2.75) is 44.1 Å². The van der Waals surface area contributed by atoms with Crippen molar-refractivity contribution in [1.82, 2.24) is 10.3 Å². The largest absolute Gasteiger partial charge is 0.375 e. The second-order valence-electron chi connectivity index (χ2n) is 8.01. The van der Waals surface area contributed by atoms with E-state index in [4.69, 9.17) is 5.73 Å². The van der Waals surface area contributed by atoms with Crippen molar-refractivity contribution in [2.24, 2.45) is 17.8 Å². The van der Waals surface area contributed by atoms with Gasteiger partial charge in [0.05, 0.1) is 10.2 Å². The molecule has 6 rings (SSSR count). The lowest BCUT2D eigenvalue weighted by Crippen LogP contribution is -2.60. The SMILES string of the molecule is Nc1nc2ccc(NC(=O)NC34C[C@H]5C[C@H](C3)C[C@@H](C4)C5)cc2s1. The highest BCUT2D eigenvalue weighted by molar-refractivity contribution is 7.22. The predicted octanol–water partition coefficient (Wildman–Crippen LogP) is 3.97. The Morgan fingerprint density at radius 1 is 1.17 bits per heavy atom. The number of benzene rings is 1. The number of amides is 2. The first kappa shape index (κ1) is 14.5. The van der Waals surface area contributed by atoms with Crippen LogP contribution in [0.5, 0.6) is 0 Å². The molecule has 4 aliphatic carbocycles. The van der Waals surface area contributed by atoms with E-state index in [2.05, 4.69) is 15.6 Å². The van der Waals surface area contributed by atoms with Gasteiger partial charge in [-0.05, 0) is 74.5 Å². The Kier molecular flexibility index (Phi) is 3.08. The van der Waals surface area contributed by atoms with Crippen molar-refractivity contribution in [3.63, 3.8) is 0 Å². The van der Waals surface area contributed by atoms with Crippen molar-refractivity contribution in [3.05, 3.63) is 18.2 Å². The highest BCUT2D eigenvalue weighted by Crippen LogP contribution is 2.55. The summed E-state index contributed by atoms with van der Waals surface area (Å²) in [6, 6.07) is 5.67. The van der Waals surface area contributed by atoms with E-state index in [9.17, 15) is 4.79 Å². The average molecular weight is 342 g/mol. The molecule has 4 saturated carbocycles. The molecule has 4 N–H and O–H groups in total. The van der Waals surface area contributed by atoms with E-state index in [0.717, 1.165) is 52.9 Å². The number of hydrogen-bond donors (Lipinski definition) is 3. The van der Waals surface area contributed by atoms with E-state index in [0.29, 0.717) is 5.13 Å². The molecule has 0 saturated heterocycles. The Bertz CT molecular complexity index is 779. The number of nitrogens with two attached hydrogens (primary N) is 1. The Morgan fingerprint density at radius 3 is 2.50 bits per heavy atom. The zero-order chi connectivity index (χ0) is 16.3. The predicted molar refractivity (Wildman–Crippen MR) is 97.1 cm³/mol. The number of carbonyl (C=O) groups is 1. The molecular weight excluding hydrogens is 320 g/mol. The normalized spacial score (nSPS) is 33.8. The van der Waals surface area contributed by atoms with Gasteiger partial charge in [0.15, 0.2) is 5.13 Å². The zero-order valence-corrected chi connectivity index (χ0v) is 14.4. The highest BCUT2D eigenvalue weighted by Gasteiger charge is 2.51. The molecule has 2 aromatic rings. The summed E-state index contributed by atoms with van der Waals surface area (Å²) in [5, 5.41) is 6.90. The molecule has 4 fully saturated rings. The van der Waals surface area contributed by atoms with Crippen LogP contribution >= 0.6 is 11.3 Å². The molecule has 0 aliphatic heterocycles. The summed E-state index contributed by atoms with van der Waals surface area (Å²) >= 11 is 1.44. The van der Waals surface area contributed by atoms with Crippen LogP contribution in [-0.2, 0) is 0 Å². The summed E-state index contributed by atoms with van der Waals surface area (Å²) in [7, 11) is 0. The van der Waals surface area contributed by atoms with Gasteiger partial charge in [0.25, 0.3) is 0 Å². The van der Waals surface area contributed by atoms with E-state index in [1.165, 1.54) is 30.6 Å². The van der Waals surface area contributed by atoms with E-state index in [-0.39, 0.29) is 11.6 Å². The zero-order valence-electron chi connectivity index (χ0n) is 13.5. The minimum Gasteiger partial charge on any atom is -0.375 e. The molecule has 126 valence electrons. The Morgan fingerprint density at radius 2 is 1.83 bits per heavy atom. The number of hydrogen-bond acceptors (Lipinski definition) is 4. The van der Waals surface area contributed by atoms with Crippen LogP contribution in [0.25, 0.3) is 10.2 Å². The molecule has 0 unspecified atom stereocenters. The molecule has 5 nitrogen and oxygen atoms in total. The number of rotatable bonds is 2. The van der Waals surface area contributed by atoms with E-state index in [1.54, 1.807) is 0 Å². The number of nitrogens with zero attached hydrogens (tertiary/aromatic N) is 1. The van der Waals surface area contributed by atoms with Gasteiger partial charge in [0.2, 0.25) is 0 Å². The van der Waals surface area contributed by atoms with E-state index >= 15 is 0 Å². The topological polar surface area (TPSA) is 80.0 Å². The van der Waals surface area contributed by atoms with E-state index < -0.39 is 0 Å². The lowest BCUT2D eigenvalue weighted by Gasteiger charge is -2.56. The molecule has 6 heteroatoms. The first-order valence-electron chi connectivity index (χ1n) is 8.82. The molecule has 1 heterocycles. The second-order valence-corrected chi connectivity index (χ2v) is 9.07. The van der Waals surface area contributed by atoms with Gasteiger partial charge >= 0.3 is 6.03 Å². The van der Waals surface area contributed by atoms with Crippen LogP contribution in [0.2, 0.25) is 0 Å². The fourth-order valence-corrected chi connectivity index (χ4v) is 6.46. The molecule has 1 aromatic heterocycles. The van der Waals surface area contributed by atoms with Gasteiger partial charge in [-0.25, -0.2) is 9.78 Å². The third-order valence-corrected chi connectivity index (χ3v) is 6.93. The van der Waals surface area contributed by atoms with Crippen molar-refractivity contribution in [2.75, 3.05) is 11.1 Å². The minimum atomic E-state index is -0.0752. The van der Waals surface area contributed by atoms with Gasteiger partial charge in [-0.1, -0.05) is 11.3 Å². The standard InChI is InChI=1S/C18H22N4OS/c19-16-21-14-2-1-13(6-15(14)24-16)20-17(23)22-18-7-10-3-11(8-18)5-12(4-10)9-18/h1-2,6,10-12H,3-5,7-9H2,(H2,19,21)(H2,20,22,23)/t10-,11-,12-,18?. The second kappa shape index (κ2) is 5.09. The number of urea groups is 1. The maximum Gasteiger partial charge on any atom is 0.319 e. The van der Waals surface area contributed by atoms with Crippen LogP contribution < -0.4 is 16.4 Å². The smallest absolute Gasteiger partial charge is 0.319 e. The van der Waals surface area contributed by atoms with E-state index in [1.807, 2.05) is 18.2 Å². The molecule has 1 aromatic carbocycles. The maximum absolute atomic E-state index is 12.6. The number of carbonyl (C=O) groups excluding carboxylic acids is 1. The monoisotopic (exact) mass is 342 g/mol. The molecule has 4 bridgehead atoms. The Hall–Kier alpha value is -1.82. The van der Waals surface area contributed by atoms with Crippen molar-refractivity contribution < 1.29 is 4.79 Å². The summed E-state index contributed by atoms with van der Waals surface area (Å²) < 4.78 is 1.00. The van der Waals surface area contributed by atoms with Crippen molar-refractivity contribution in [3.8, 4) is 0 Å². The minimum absolute atomic E-state index is 0.0395. The van der Waals surface area contributed by atoms with Gasteiger partial charge in [-0.2, -0.15) is 0 Å². The summed E-state index contributed by atoms with van der Waals surface area (Å²) in [4.78, 5) is 16.8. The van der Waals surface area contributed by atoms with Gasteiger partial charge < -0.3 is 16.4 Å². The van der Waals surface area contributed by atoms with Crippen LogP contribution in [-0.4, -0.2) is 16.6 Å². The number of aromatic nitrogens is 1. The molecule has 0 spiro atoms. The Labute approximate surface area is 145 Å². The molecule has 0 radical (unpaired) electrons. The summed E-state index contributed by atoms with van der Waals surface area (Å²) in [5.41, 5.74) is 7.46. The lowest BCUT2D eigenvalue weighted by molar-refractivity contribution is -0.0127. The molecule has 24 heavy (non-hydrogen) atoms. The Balaban J connectivity index is 1.31. The first-order chi connectivity index (χ1) is 11.6. The summed E-state index contributed by atoms with van der Waals surface area (Å²) in [6.45, 7) is 0. The molecular formula is C18H22N4OS. The molecule has 0 atom stereocenters. The first-order valence-corrected chi connectivity index (χ1v) is 9.64. The van der Waals surface area contributed by atoms with Crippen LogP contribution in [0.3, 0.4) is 0 Å². The molecule has 4 aliphatic rings. The van der Waals surface area contributed by atoms with Crippen LogP contribution in [0, 0.1) is 17.8 Å². The fraction of sp³-hybridized carbons (Fsp3) is 0.556. The number of anilines is 2. The van der Waals surface area contributed by atoms with Gasteiger partial charge in [0.1, 0.15) is 0 Å². The van der Waals surface area contributed by atoms with Gasteiger partial charge in [-0.15, -0.1) is 0 Å². The third kappa shape index (κ3) is 2.44. The number of fused-ring (bicyclic) bond motifs is 1. The fourth-order valence-electron chi connectivity index (χ4n) is 5.69. The number of nitrogens with one attached hydrogen (secondary N) is 2. The van der Waals surface area contributed by atoms with Crippen LogP contribution in [0.15, 0.2) is 18.2 Å². The van der Waals surface area contributed by atoms with Crippen molar-refractivity contribution >= 4 is 38.4 Å². The quantitative estimate of drug-likeness (QED) is 0.772. The number of thiazole rings is 1. The van der Waals surface area contributed by atoms with Gasteiger partial charge in [0, 0.05) is 11.2 Å². The third-order valence-electron chi connectivity index (χ3n) is 6.08. The summed E-state index contributed by atoms with van der Waals surface area (Å²) in [5.74, 6) is 2.48. The maximum atomic E-state index is 12.6.